The third kappa shape index (κ3) is 4.63. The zero-order valence-electron chi connectivity index (χ0n) is 19.3. The molecular weight excluding hydrogens is 460 g/mol. The largest absolute Gasteiger partial charge is 0.493 e. The van der Waals surface area contributed by atoms with Gasteiger partial charge in [-0.3, -0.25) is 4.79 Å². The highest BCUT2D eigenvalue weighted by Crippen LogP contribution is 2.38. The van der Waals surface area contributed by atoms with Crippen molar-refractivity contribution in [2.45, 2.75) is 13.8 Å². The lowest BCUT2D eigenvalue weighted by molar-refractivity contribution is -0.111. The Morgan fingerprint density at radius 3 is 2.71 bits per heavy atom. The number of benzene rings is 3. The van der Waals surface area contributed by atoms with Gasteiger partial charge in [0.1, 0.15) is 11.3 Å². The van der Waals surface area contributed by atoms with Crippen molar-refractivity contribution in [2.24, 2.45) is 0 Å². The van der Waals surface area contributed by atoms with Gasteiger partial charge in [-0.2, -0.15) is 0 Å². The fourth-order valence-corrected chi connectivity index (χ4v) is 4.31. The van der Waals surface area contributed by atoms with E-state index in [1.165, 1.54) is 11.5 Å². The maximum Gasteiger partial charge on any atom is 0.248 e. The summed E-state index contributed by atoms with van der Waals surface area (Å²) in [6.07, 6.45) is 4.87. The first-order valence-corrected chi connectivity index (χ1v) is 11.7. The third-order valence-corrected chi connectivity index (χ3v) is 6.13. The molecule has 1 N–H and O–H groups in total. The lowest BCUT2D eigenvalue weighted by Gasteiger charge is -2.12. The van der Waals surface area contributed by atoms with Gasteiger partial charge in [0.15, 0.2) is 5.15 Å². The highest BCUT2D eigenvalue weighted by molar-refractivity contribution is 6.32. The lowest BCUT2D eigenvalue weighted by Crippen LogP contribution is -2.09. The number of anilines is 1. The molecule has 6 heteroatoms. The Bertz CT molecular complexity index is 1590. The summed E-state index contributed by atoms with van der Waals surface area (Å²) in [5.41, 5.74) is 4.78. The van der Waals surface area contributed by atoms with E-state index in [0.29, 0.717) is 18.0 Å². The maximum absolute atomic E-state index is 12.7. The van der Waals surface area contributed by atoms with E-state index in [9.17, 15) is 4.79 Å². The van der Waals surface area contributed by atoms with Crippen molar-refractivity contribution in [3.8, 4) is 16.9 Å². The first kappa shape index (κ1) is 22.7. The van der Waals surface area contributed by atoms with Crippen LogP contribution < -0.4 is 10.1 Å². The summed E-state index contributed by atoms with van der Waals surface area (Å²) in [5, 5.41) is 6.31. The van der Waals surface area contributed by atoms with Crippen LogP contribution in [0.3, 0.4) is 0 Å². The fraction of sp³-hybridized carbons (Fsp3) is 0.103. The highest BCUT2D eigenvalue weighted by atomic mass is 35.5. The van der Waals surface area contributed by atoms with Crippen LogP contribution >= 0.6 is 11.6 Å². The minimum atomic E-state index is -0.304. The van der Waals surface area contributed by atoms with Crippen LogP contribution in [0.1, 0.15) is 19.4 Å². The summed E-state index contributed by atoms with van der Waals surface area (Å²) in [6, 6.07) is 21.9. The number of amides is 1. The number of rotatable bonds is 6. The van der Waals surface area contributed by atoms with Gasteiger partial charge in [0.25, 0.3) is 0 Å². The summed E-state index contributed by atoms with van der Waals surface area (Å²) in [7, 11) is 0. The first-order chi connectivity index (χ1) is 17.0. The molecule has 0 fully saturated rings. The number of fused-ring (bicyclic) bond motifs is 2. The second-order valence-corrected chi connectivity index (χ2v) is 8.51. The van der Waals surface area contributed by atoms with E-state index < -0.39 is 0 Å². The quantitative estimate of drug-likeness (QED) is 0.198. The molecule has 2 aromatic heterocycles. The molecule has 174 valence electrons. The Labute approximate surface area is 208 Å². The van der Waals surface area contributed by atoms with E-state index in [0.717, 1.165) is 38.6 Å². The molecule has 0 spiro atoms. The predicted molar refractivity (Wildman–Crippen MR) is 142 cm³/mol. The van der Waals surface area contributed by atoms with Crippen LogP contribution in [0, 0.1) is 0 Å². The van der Waals surface area contributed by atoms with Crippen molar-refractivity contribution < 1.29 is 13.9 Å². The predicted octanol–water partition coefficient (Wildman–Crippen LogP) is 7.74. The van der Waals surface area contributed by atoms with Crippen molar-refractivity contribution in [1.82, 2.24) is 4.98 Å². The molecule has 0 atom stereocenters. The molecule has 0 aliphatic carbocycles. The molecule has 0 aliphatic heterocycles. The molecular formula is C29H23ClN2O3. The molecule has 2 heterocycles. The number of aromatic nitrogens is 1. The number of hydrogen-bond donors (Lipinski definition) is 1. The normalized spacial score (nSPS) is 11.7. The van der Waals surface area contributed by atoms with Crippen LogP contribution in [-0.2, 0) is 4.79 Å². The van der Waals surface area contributed by atoms with Crippen molar-refractivity contribution in [3.63, 3.8) is 0 Å². The van der Waals surface area contributed by atoms with Crippen LogP contribution in [0.5, 0.6) is 5.75 Å². The molecule has 5 nitrogen and oxygen atoms in total. The summed E-state index contributed by atoms with van der Waals surface area (Å²) in [5.74, 6) is 0.349. The van der Waals surface area contributed by atoms with E-state index in [1.807, 2.05) is 38.1 Å². The van der Waals surface area contributed by atoms with Gasteiger partial charge < -0.3 is 14.5 Å². The number of ether oxygens (including phenoxy) is 1. The lowest BCUT2D eigenvalue weighted by atomic mass is 9.97. The standard InChI is InChI=1S/C29H23ClN2O3/c1-3-34-26-16-27-23(24(17-35-27)21-11-10-19-7-4-5-8-20(19)14-21)15-22(26)18(2)13-28(33)32-25-9-6-12-31-29(25)30/h4-17H,3H2,1-2H3,(H,32,33)/b18-13+. The van der Waals surface area contributed by atoms with Crippen LogP contribution in [0.2, 0.25) is 5.15 Å². The van der Waals surface area contributed by atoms with Gasteiger partial charge in [0.2, 0.25) is 5.91 Å². The van der Waals surface area contributed by atoms with E-state index >= 15 is 0 Å². The molecule has 5 aromatic rings. The Kier molecular flexibility index (Phi) is 6.25. The minimum absolute atomic E-state index is 0.238. The van der Waals surface area contributed by atoms with Crippen LogP contribution in [0.15, 0.2) is 89.7 Å². The SMILES string of the molecule is CCOc1cc2occ(-c3ccc4ccccc4c3)c2cc1/C(C)=C/C(=O)Nc1cccnc1Cl. The molecule has 0 bridgehead atoms. The molecule has 35 heavy (non-hydrogen) atoms. The van der Waals surface area contributed by atoms with E-state index in [4.69, 9.17) is 20.8 Å². The van der Waals surface area contributed by atoms with Crippen LogP contribution in [-0.4, -0.2) is 17.5 Å². The number of allylic oxidation sites excluding steroid dienone is 1. The topological polar surface area (TPSA) is 64.4 Å². The number of halogens is 1. The summed E-state index contributed by atoms with van der Waals surface area (Å²) in [6.45, 7) is 4.29. The molecule has 0 saturated carbocycles. The van der Waals surface area contributed by atoms with Gasteiger partial charge in [-0.05, 0) is 60.0 Å². The zero-order valence-corrected chi connectivity index (χ0v) is 20.1. The molecule has 1 amide bonds. The molecule has 5 rings (SSSR count). The van der Waals surface area contributed by atoms with E-state index in [2.05, 4.69) is 40.6 Å². The number of hydrogen-bond acceptors (Lipinski definition) is 4. The minimum Gasteiger partial charge on any atom is -0.493 e. The Morgan fingerprint density at radius 2 is 1.91 bits per heavy atom. The molecule has 0 aliphatic rings. The average Bonchev–Trinajstić information content (AvgIpc) is 3.27. The third-order valence-electron chi connectivity index (χ3n) is 5.83. The van der Waals surface area contributed by atoms with E-state index in [-0.39, 0.29) is 11.1 Å². The van der Waals surface area contributed by atoms with Crippen molar-refractivity contribution in [2.75, 3.05) is 11.9 Å². The number of carbonyl (C=O) groups is 1. The number of nitrogens with zero attached hydrogens (tertiary/aromatic N) is 1. The van der Waals surface area contributed by atoms with Crippen LogP contribution in [0.4, 0.5) is 5.69 Å². The second kappa shape index (κ2) is 9.65. The Hall–Kier alpha value is -4.09. The molecule has 0 radical (unpaired) electrons. The van der Waals surface area contributed by atoms with Crippen LogP contribution in [0.25, 0.3) is 38.4 Å². The van der Waals surface area contributed by atoms with E-state index in [1.54, 1.807) is 24.6 Å². The monoisotopic (exact) mass is 482 g/mol. The number of nitrogens with one attached hydrogen (secondary N) is 1. The van der Waals surface area contributed by atoms with Crippen molar-refractivity contribution in [3.05, 3.63) is 96.0 Å². The Balaban J connectivity index is 1.55. The second-order valence-electron chi connectivity index (χ2n) is 8.15. The summed E-state index contributed by atoms with van der Waals surface area (Å²) in [4.78, 5) is 16.7. The summed E-state index contributed by atoms with van der Waals surface area (Å²) >= 11 is 6.08. The maximum atomic E-state index is 12.7. The van der Waals surface area contributed by atoms with Gasteiger partial charge in [0, 0.05) is 34.9 Å². The number of pyridine rings is 1. The van der Waals surface area contributed by atoms with Gasteiger partial charge in [-0.1, -0.05) is 48.0 Å². The van der Waals surface area contributed by atoms with Gasteiger partial charge >= 0.3 is 0 Å². The molecule has 0 saturated heterocycles. The molecule has 3 aromatic carbocycles. The average molecular weight is 483 g/mol. The zero-order chi connectivity index (χ0) is 24.4. The number of carbonyl (C=O) groups excluding carboxylic acids is 1. The van der Waals surface area contributed by atoms with Crippen molar-refractivity contribution in [1.29, 1.82) is 0 Å². The van der Waals surface area contributed by atoms with Crippen molar-refractivity contribution >= 4 is 50.5 Å². The fourth-order valence-electron chi connectivity index (χ4n) is 4.14. The number of furan rings is 1. The van der Waals surface area contributed by atoms with Gasteiger partial charge in [-0.15, -0.1) is 0 Å². The summed E-state index contributed by atoms with van der Waals surface area (Å²) < 4.78 is 11.8. The molecule has 0 unspecified atom stereocenters. The smallest absolute Gasteiger partial charge is 0.248 e. The Morgan fingerprint density at radius 1 is 1.09 bits per heavy atom. The van der Waals surface area contributed by atoms with Gasteiger partial charge in [-0.25, -0.2) is 4.98 Å². The van der Waals surface area contributed by atoms with Gasteiger partial charge in [0.05, 0.1) is 18.6 Å². The first-order valence-electron chi connectivity index (χ1n) is 11.3. The highest BCUT2D eigenvalue weighted by Gasteiger charge is 2.16.